The normalized spacial score (nSPS) is 17.0. The van der Waals surface area contributed by atoms with Crippen LogP contribution >= 0.6 is 0 Å². The van der Waals surface area contributed by atoms with Crippen LogP contribution in [0.1, 0.15) is 19.3 Å². The van der Waals surface area contributed by atoms with Crippen molar-refractivity contribution in [2.75, 3.05) is 23.4 Å². The molecule has 7 nitrogen and oxygen atoms in total. The van der Waals surface area contributed by atoms with Gasteiger partial charge in [-0.3, -0.25) is 9.36 Å². The Morgan fingerprint density at radius 3 is 2.67 bits per heavy atom. The molecular formula is C20H20N6O. The lowest BCUT2D eigenvalue weighted by Gasteiger charge is -2.42. The number of carbonyl (C=O) groups is 1. The van der Waals surface area contributed by atoms with Crippen molar-refractivity contribution in [1.82, 2.24) is 19.5 Å². The molecule has 3 aromatic rings. The van der Waals surface area contributed by atoms with Crippen LogP contribution in [0.4, 0.5) is 11.5 Å². The molecule has 0 saturated heterocycles. The molecule has 1 saturated carbocycles. The summed E-state index contributed by atoms with van der Waals surface area (Å²) in [5.41, 5.74) is 1.77. The minimum atomic E-state index is 0.0818. The van der Waals surface area contributed by atoms with Gasteiger partial charge in [0.2, 0.25) is 11.9 Å². The molecule has 0 atom stereocenters. The van der Waals surface area contributed by atoms with E-state index in [-0.39, 0.29) is 5.91 Å². The molecular weight excluding hydrogens is 340 g/mol. The van der Waals surface area contributed by atoms with Crippen molar-refractivity contribution in [3.8, 4) is 17.3 Å². The van der Waals surface area contributed by atoms with E-state index in [1.807, 2.05) is 41.1 Å². The standard InChI is InChI=1S/C20H20N6O/c1-24-16-12-22-20(23-19(16)26(13-17(24)27)15-8-5-9-15)25-11-10-21-18(25)14-6-3-2-4-7-14/h2-4,6-7,10-12,15H,5,8-9,13H2,1H3. The number of aromatic nitrogens is 4. The van der Waals surface area contributed by atoms with E-state index in [0.717, 1.165) is 35.7 Å². The molecule has 1 amide bonds. The summed E-state index contributed by atoms with van der Waals surface area (Å²) in [5.74, 6) is 2.28. The van der Waals surface area contributed by atoms with E-state index >= 15 is 0 Å². The number of fused-ring (bicyclic) bond motifs is 1. The van der Waals surface area contributed by atoms with Gasteiger partial charge in [0.05, 0.1) is 12.7 Å². The molecule has 136 valence electrons. The summed E-state index contributed by atoms with van der Waals surface area (Å²) < 4.78 is 1.89. The Bertz CT molecular complexity index is 995. The number of hydrogen-bond acceptors (Lipinski definition) is 5. The highest BCUT2D eigenvalue weighted by molar-refractivity contribution is 6.02. The lowest BCUT2D eigenvalue weighted by atomic mass is 9.91. The average molecular weight is 360 g/mol. The van der Waals surface area contributed by atoms with Gasteiger partial charge in [-0.05, 0) is 19.3 Å². The second kappa shape index (κ2) is 6.19. The van der Waals surface area contributed by atoms with Crippen LogP contribution in [0, 0.1) is 0 Å². The molecule has 0 N–H and O–H groups in total. The maximum atomic E-state index is 12.4. The highest BCUT2D eigenvalue weighted by Gasteiger charge is 2.35. The van der Waals surface area contributed by atoms with Crippen molar-refractivity contribution in [1.29, 1.82) is 0 Å². The fourth-order valence-corrected chi connectivity index (χ4v) is 3.65. The van der Waals surface area contributed by atoms with Gasteiger partial charge in [0.1, 0.15) is 11.5 Å². The van der Waals surface area contributed by atoms with Crippen LogP contribution in [-0.2, 0) is 4.79 Å². The first-order chi connectivity index (χ1) is 13.2. The molecule has 0 radical (unpaired) electrons. The van der Waals surface area contributed by atoms with Crippen LogP contribution < -0.4 is 9.80 Å². The van der Waals surface area contributed by atoms with Crippen LogP contribution in [0.3, 0.4) is 0 Å². The minimum absolute atomic E-state index is 0.0818. The van der Waals surface area contributed by atoms with Gasteiger partial charge >= 0.3 is 0 Å². The van der Waals surface area contributed by atoms with Crippen LogP contribution in [0.25, 0.3) is 17.3 Å². The molecule has 2 aromatic heterocycles. The molecule has 3 heterocycles. The van der Waals surface area contributed by atoms with E-state index < -0.39 is 0 Å². The zero-order valence-electron chi connectivity index (χ0n) is 15.1. The monoisotopic (exact) mass is 360 g/mol. The van der Waals surface area contributed by atoms with Crippen molar-refractivity contribution in [3.63, 3.8) is 0 Å². The SMILES string of the molecule is CN1C(=O)CN(C2CCC2)c2nc(-n3ccnc3-c3ccccc3)ncc21. The van der Waals surface area contributed by atoms with Crippen LogP contribution in [-0.4, -0.2) is 45.1 Å². The molecule has 1 aliphatic heterocycles. The molecule has 2 aliphatic rings. The van der Waals surface area contributed by atoms with Crippen molar-refractivity contribution in [2.24, 2.45) is 0 Å². The smallest absolute Gasteiger partial charge is 0.246 e. The Labute approximate surface area is 157 Å². The lowest BCUT2D eigenvalue weighted by molar-refractivity contribution is -0.117. The summed E-state index contributed by atoms with van der Waals surface area (Å²) >= 11 is 0. The van der Waals surface area contributed by atoms with Gasteiger partial charge in [0, 0.05) is 31.0 Å². The molecule has 0 unspecified atom stereocenters. The van der Waals surface area contributed by atoms with Crippen LogP contribution in [0.5, 0.6) is 0 Å². The number of nitrogens with zero attached hydrogens (tertiary/aromatic N) is 6. The van der Waals surface area contributed by atoms with E-state index in [0.29, 0.717) is 18.5 Å². The maximum absolute atomic E-state index is 12.4. The molecule has 0 bridgehead atoms. The number of rotatable bonds is 3. The summed E-state index contributed by atoms with van der Waals surface area (Å²) in [4.78, 5) is 30.1. The third-order valence-corrected chi connectivity index (χ3v) is 5.45. The fraction of sp³-hybridized carbons (Fsp3) is 0.300. The van der Waals surface area contributed by atoms with Crippen LogP contribution in [0.2, 0.25) is 0 Å². The number of imidazole rings is 1. The van der Waals surface area contributed by atoms with E-state index in [9.17, 15) is 4.79 Å². The van der Waals surface area contributed by atoms with Gasteiger partial charge in [0.25, 0.3) is 0 Å². The third-order valence-electron chi connectivity index (χ3n) is 5.45. The Morgan fingerprint density at radius 1 is 1.11 bits per heavy atom. The number of anilines is 2. The van der Waals surface area contributed by atoms with E-state index in [1.165, 1.54) is 6.42 Å². The molecule has 1 aromatic carbocycles. The largest absolute Gasteiger partial charge is 0.342 e. The second-order valence-corrected chi connectivity index (χ2v) is 7.03. The van der Waals surface area contributed by atoms with Gasteiger partial charge in [-0.25, -0.2) is 9.97 Å². The van der Waals surface area contributed by atoms with Crippen molar-refractivity contribution >= 4 is 17.4 Å². The van der Waals surface area contributed by atoms with Gasteiger partial charge in [-0.15, -0.1) is 0 Å². The first kappa shape index (κ1) is 16.0. The Hall–Kier alpha value is -3.22. The fourth-order valence-electron chi connectivity index (χ4n) is 3.65. The quantitative estimate of drug-likeness (QED) is 0.718. The second-order valence-electron chi connectivity index (χ2n) is 7.03. The van der Waals surface area contributed by atoms with E-state index in [4.69, 9.17) is 4.98 Å². The zero-order valence-corrected chi connectivity index (χ0v) is 15.1. The van der Waals surface area contributed by atoms with Gasteiger partial charge < -0.3 is 9.80 Å². The van der Waals surface area contributed by atoms with E-state index in [2.05, 4.69) is 14.9 Å². The number of likely N-dealkylation sites (N-methyl/N-ethyl adjacent to an activating group) is 1. The highest BCUT2D eigenvalue weighted by Crippen LogP contribution is 2.37. The zero-order chi connectivity index (χ0) is 18.4. The predicted molar refractivity (Wildman–Crippen MR) is 103 cm³/mol. The maximum Gasteiger partial charge on any atom is 0.246 e. The third kappa shape index (κ3) is 2.58. The predicted octanol–water partition coefficient (Wildman–Crippen LogP) is 2.66. The Kier molecular flexibility index (Phi) is 3.67. The number of benzene rings is 1. The first-order valence-corrected chi connectivity index (χ1v) is 9.22. The highest BCUT2D eigenvalue weighted by atomic mass is 16.2. The summed E-state index contributed by atoms with van der Waals surface area (Å²) in [5, 5.41) is 0. The average Bonchev–Trinajstić information content (AvgIpc) is 3.14. The first-order valence-electron chi connectivity index (χ1n) is 9.22. The number of amides is 1. The summed E-state index contributed by atoms with van der Waals surface area (Å²) in [6, 6.07) is 10.4. The van der Waals surface area contributed by atoms with Crippen molar-refractivity contribution in [3.05, 3.63) is 48.9 Å². The van der Waals surface area contributed by atoms with Crippen molar-refractivity contribution in [2.45, 2.75) is 25.3 Å². The Morgan fingerprint density at radius 2 is 1.93 bits per heavy atom. The summed E-state index contributed by atoms with van der Waals surface area (Å²) in [6.45, 7) is 0.375. The van der Waals surface area contributed by atoms with E-state index in [1.54, 1.807) is 24.3 Å². The molecule has 27 heavy (non-hydrogen) atoms. The summed E-state index contributed by atoms with van der Waals surface area (Å²) in [6.07, 6.45) is 8.79. The minimum Gasteiger partial charge on any atom is -0.342 e. The topological polar surface area (TPSA) is 67.2 Å². The van der Waals surface area contributed by atoms with Gasteiger partial charge in [0.15, 0.2) is 5.82 Å². The summed E-state index contributed by atoms with van der Waals surface area (Å²) in [7, 11) is 1.79. The molecule has 1 fully saturated rings. The molecule has 5 rings (SSSR count). The molecule has 7 heteroatoms. The lowest BCUT2D eigenvalue weighted by Crippen LogP contribution is -2.51. The van der Waals surface area contributed by atoms with Gasteiger partial charge in [-0.2, -0.15) is 4.98 Å². The molecule has 0 spiro atoms. The van der Waals surface area contributed by atoms with Crippen molar-refractivity contribution < 1.29 is 4.79 Å². The Balaban J connectivity index is 1.60. The number of carbonyl (C=O) groups excluding carboxylic acids is 1. The van der Waals surface area contributed by atoms with Crippen LogP contribution in [0.15, 0.2) is 48.9 Å². The van der Waals surface area contributed by atoms with Gasteiger partial charge in [-0.1, -0.05) is 30.3 Å². The number of hydrogen-bond donors (Lipinski definition) is 0. The molecule has 1 aliphatic carbocycles.